The van der Waals surface area contributed by atoms with Crippen LogP contribution in [0.5, 0.6) is 0 Å². The van der Waals surface area contributed by atoms with Crippen LogP contribution in [0.2, 0.25) is 0 Å². The maximum absolute atomic E-state index is 12.7. The van der Waals surface area contributed by atoms with E-state index in [1.165, 1.54) is 12.8 Å². The number of anilines is 1. The van der Waals surface area contributed by atoms with Crippen molar-refractivity contribution in [2.75, 3.05) is 44.6 Å². The van der Waals surface area contributed by atoms with E-state index >= 15 is 0 Å². The van der Waals surface area contributed by atoms with Gasteiger partial charge in [-0.05, 0) is 38.4 Å². The minimum Gasteiger partial charge on any atom is -0.367 e. The Balaban J connectivity index is 1.52. The molecule has 8 heteroatoms. The number of amides is 2. The molecule has 1 saturated heterocycles. The first-order chi connectivity index (χ1) is 14.1. The summed E-state index contributed by atoms with van der Waals surface area (Å²) in [5, 5.41) is 6.42. The molecule has 1 N–H and O–H groups in total. The van der Waals surface area contributed by atoms with Crippen molar-refractivity contribution in [2.24, 2.45) is 0 Å². The fourth-order valence-electron chi connectivity index (χ4n) is 3.26. The second kappa shape index (κ2) is 10.7. The fraction of sp³-hybridized carbons (Fsp3) is 0.476. The van der Waals surface area contributed by atoms with Gasteiger partial charge < -0.3 is 24.4 Å². The highest BCUT2D eigenvalue weighted by molar-refractivity contribution is 5.93. The van der Waals surface area contributed by atoms with Crippen LogP contribution in [0.3, 0.4) is 0 Å². The van der Waals surface area contributed by atoms with Gasteiger partial charge in [-0.3, -0.25) is 9.59 Å². The third-order valence-corrected chi connectivity index (χ3v) is 4.80. The quantitative estimate of drug-likeness (QED) is 0.657. The van der Waals surface area contributed by atoms with Gasteiger partial charge in [-0.2, -0.15) is 0 Å². The molecule has 2 aromatic rings. The third kappa shape index (κ3) is 6.99. The lowest BCUT2D eigenvalue weighted by molar-refractivity contribution is -0.139. The van der Waals surface area contributed by atoms with Gasteiger partial charge in [-0.15, -0.1) is 0 Å². The van der Waals surface area contributed by atoms with E-state index in [2.05, 4.69) is 15.4 Å². The lowest BCUT2D eigenvalue weighted by Gasteiger charge is -2.25. The molecule has 0 radical (unpaired) electrons. The number of rotatable bonds is 10. The molecule has 0 aliphatic carbocycles. The van der Waals surface area contributed by atoms with Crippen LogP contribution in [0.1, 0.15) is 24.2 Å². The highest BCUT2D eigenvalue weighted by Gasteiger charge is 2.20. The molecule has 0 atom stereocenters. The minimum atomic E-state index is -0.309. The molecular formula is C21H28N4O4. The number of nitrogens with zero attached hydrogens (tertiary/aromatic N) is 3. The summed E-state index contributed by atoms with van der Waals surface area (Å²) in [5.74, 6) is 0.444. The van der Waals surface area contributed by atoms with Crippen molar-refractivity contribution in [1.82, 2.24) is 15.0 Å². The Hall–Kier alpha value is -2.71. The van der Waals surface area contributed by atoms with Crippen molar-refractivity contribution in [3.05, 3.63) is 47.7 Å². The van der Waals surface area contributed by atoms with Gasteiger partial charge >= 0.3 is 0 Å². The topological polar surface area (TPSA) is 87.9 Å². The summed E-state index contributed by atoms with van der Waals surface area (Å²) in [6, 6.07) is 11.3. The molecule has 29 heavy (non-hydrogen) atoms. The van der Waals surface area contributed by atoms with Gasteiger partial charge in [-0.1, -0.05) is 35.5 Å². The van der Waals surface area contributed by atoms with Gasteiger partial charge in [0.1, 0.15) is 18.9 Å². The Morgan fingerprint density at radius 1 is 1.24 bits per heavy atom. The predicted octanol–water partition coefficient (Wildman–Crippen LogP) is 2.06. The first kappa shape index (κ1) is 21.0. The Bertz CT molecular complexity index is 787. The Kier molecular flexibility index (Phi) is 7.77. The van der Waals surface area contributed by atoms with Crippen LogP contribution in [-0.4, -0.2) is 66.1 Å². The van der Waals surface area contributed by atoms with Gasteiger partial charge in [0, 0.05) is 19.2 Å². The number of hydrogen-bond acceptors (Lipinski definition) is 6. The smallest absolute Gasteiger partial charge is 0.249 e. The number of carbonyl (C=O) groups excluding carboxylic acids is 2. The van der Waals surface area contributed by atoms with E-state index in [1.807, 2.05) is 30.3 Å². The molecule has 0 unspecified atom stereocenters. The third-order valence-electron chi connectivity index (χ3n) is 4.80. The Morgan fingerprint density at radius 3 is 2.69 bits per heavy atom. The van der Waals surface area contributed by atoms with Crippen LogP contribution in [0, 0.1) is 6.92 Å². The van der Waals surface area contributed by atoms with Gasteiger partial charge in [0.2, 0.25) is 11.8 Å². The molecule has 1 aromatic carbocycles. The van der Waals surface area contributed by atoms with Crippen molar-refractivity contribution in [3.63, 3.8) is 0 Å². The lowest BCUT2D eigenvalue weighted by atomic mass is 10.2. The monoisotopic (exact) mass is 400 g/mol. The summed E-state index contributed by atoms with van der Waals surface area (Å²) in [6.07, 6.45) is 2.36. The molecule has 1 aliphatic rings. The average Bonchev–Trinajstić information content (AvgIpc) is 3.37. The first-order valence-electron chi connectivity index (χ1n) is 9.95. The SMILES string of the molecule is Cc1cc(NC(=O)CN(CCN2CCCC2)C(=O)COCc2ccccc2)no1. The number of hydrogen-bond donors (Lipinski definition) is 1. The highest BCUT2D eigenvalue weighted by atomic mass is 16.5. The molecule has 2 heterocycles. The molecule has 0 saturated carbocycles. The molecule has 1 aromatic heterocycles. The van der Waals surface area contributed by atoms with Gasteiger partial charge in [0.05, 0.1) is 6.61 Å². The van der Waals surface area contributed by atoms with E-state index < -0.39 is 0 Å². The molecule has 2 amide bonds. The van der Waals surface area contributed by atoms with Crippen LogP contribution in [0.15, 0.2) is 40.9 Å². The van der Waals surface area contributed by atoms with E-state index in [4.69, 9.17) is 9.26 Å². The van der Waals surface area contributed by atoms with Crippen LogP contribution < -0.4 is 5.32 Å². The van der Waals surface area contributed by atoms with Crippen molar-refractivity contribution in [1.29, 1.82) is 0 Å². The maximum atomic E-state index is 12.7. The van der Waals surface area contributed by atoms with Crippen LogP contribution >= 0.6 is 0 Å². The normalized spacial score (nSPS) is 14.1. The molecule has 1 aliphatic heterocycles. The largest absolute Gasteiger partial charge is 0.367 e. The minimum absolute atomic E-state index is 0.0483. The number of ether oxygens (including phenoxy) is 1. The number of nitrogens with one attached hydrogen (secondary N) is 1. The molecule has 3 rings (SSSR count). The number of aromatic nitrogens is 1. The number of benzene rings is 1. The molecule has 1 fully saturated rings. The zero-order valence-electron chi connectivity index (χ0n) is 16.8. The van der Waals surface area contributed by atoms with Crippen molar-refractivity contribution >= 4 is 17.6 Å². The number of carbonyl (C=O) groups is 2. The second-order valence-electron chi connectivity index (χ2n) is 7.21. The molecule has 0 spiro atoms. The second-order valence-corrected chi connectivity index (χ2v) is 7.21. The van der Waals surface area contributed by atoms with Crippen LogP contribution in [0.4, 0.5) is 5.82 Å². The first-order valence-corrected chi connectivity index (χ1v) is 9.95. The van der Waals surface area contributed by atoms with Crippen molar-refractivity contribution < 1.29 is 18.8 Å². The fourth-order valence-corrected chi connectivity index (χ4v) is 3.26. The van der Waals surface area contributed by atoms with Crippen molar-refractivity contribution in [3.8, 4) is 0 Å². The van der Waals surface area contributed by atoms with Crippen molar-refractivity contribution in [2.45, 2.75) is 26.4 Å². The molecule has 0 bridgehead atoms. The number of aryl methyl sites for hydroxylation is 1. The average molecular weight is 400 g/mol. The summed E-state index contributed by atoms with van der Waals surface area (Å²) in [6.45, 7) is 5.31. The Labute approximate surface area is 170 Å². The highest BCUT2D eigenvalue weighted by Crippen LogP contribution is 2.09. The maximum Gasteiger partial charge on any atom is 0.249 e. The predicted molar refractivity (Wildman–Crippen MR) is 108 cm³/mol. The van der Waals surface area contributed by atoms with E-state index in [1.54, 1.807) is 17.9 Å². The Morgan fingerprint density at radius 2 is 2.00 bits per heavy atom. The zero-order chi connectivity index (χ0) is 20.5. The molecule has 156 valence electrons. The van der Waals surface area contributed by atoms with Gasteiger partial charge in [0.25, 0.3) is 0 Å². The van der Waals surface area contributed by atoms with E-state index in [0.29, 0.717) is 24.7 Å². The summed E-state index contributed by atoms with van der Waals surface area (Å²) in [5.41, 5.74) is 1.00. The van der Waals surface area contributed by atoms with Crippen LogP contribution in [0.25, 0.3) is 0 Å². The summed E-state index contributed by atoms with van der Waals surface area (Å²) in [4.78, 5) is 28.9. The zero-order valence-corrected chi connectivity index (χ0v) is 16.8. The summed E-state index contributed by atoms with van der Waals surface area (Å²) in [7, 11) is 0. The van der Waals surface area contributed by atoms with E-state index in [-0.39, 0.29) is 25.0 Å². The van der Waals surface area contributed by atoms with Crippen LogP contribution in [-0.2, 0) is 20.9 Å². The van der Waals surface area contributed by atoms with Gasteiger partial charge in [0.15, 0.2) is 5.82 Å². The molecular weight excluding hydrogens is 372 g/mol. The van der Waals surface area contributed by atoms with E-state index in [9.17, 15) is 9.59 Å². The summed E-state index contributed by atoms with van der Waals surface area (Å²) < 4.78 is 10.5. The van der Waals surface area contributed by atoms with Gasteiger partial charge in [-0.25, -0.2) is 0 Å². The molecule has 8 nitrogen and oxygen atoms in total. The summed E-state index contributed by atoms with van der Waals surface area (Å²) >= 11 is 0. The number of likely N-dealkylation sites (tertiary alicyclic amines) is 1. The van der Waals surface area contributed by atoms with E-state index in [0.717, 1.165) is 25.2 Å². The lowest BCUT2D eigenvalue weighted by Crippen LogP contribution is -2.43. The standard InChI is InChI=1S/C21H28N4O4/c1-17-13-19(23-29-17)22-20(26)14-25(12-11-24-9-5-6-10-24)21(27)16-28-15-18-7-3-2-4-8-18/h2-4,7-8,13H,5-6,9-12,14-16H2,1H3,(H,22,23,26).